The number of likely N-dealkylation sites (tertiary alicyclic amines) is 1. The summed E-state index contributed by atoms with van der Waals surface area (Å²) in [5.74, 6) is 0. The summed E-state index contributed by atoms with van der Waals surface area (Å²) in [6.45, 7) is 2.52. The molecule has 0 bridgehead atoms. The van der Waals surface area contributed by atoms with Crippen molar-refractivity contribution >= 4 is 17.3 Å². The quantitative estimate of drug-likeness (QED) is 0.674. The first kappa shape index (κ1) is 13.3. The Balaban J connectivity index is 2.09. The molecule has 2 N–H and O–H groups in total. The molecule has 1 aromatic rings. The molecular formula is C12H16ClN3O2. The highest BCUT2D eigenvalue weighted by Gasteiger charge is 2.18. The highest BCUT2D eigenvalue weighted by atomic mass is 35.5. The van der Waals surface area contributed by atoms with Crippen molar-refractivity contribution in [2.24, 2.45) is 5.73 Å². The van der Waals surface area contributed by atoms with Gasteiger partial charge in [-0.15, -0.1) is 0 Å². The van der Waals surface area contributed by atoms with E-state index in [4.69, 9.17) is 17.3 Å². The van der Waals surface area contributed by atoms with E-state index in [0.29, 0.717) is 6.54 Å². The Hall–Kier alpha value is -1.17. The third-order valence-corrected chi connectivity index (χ3v) is 3.48. The second-order valence-corrected chi connectivity index (χ2v) is 5.09. The number of nitro groups is 1. The molecule has 98 valence electrons. The summed E-state index contributed by atoms with van der Waals surface area (Å²) in [5, 5.41) is 11.0. The summed E-state index contributed by atoms with van der Waals surface area (Å²) < 4.78 is 0. The molecule has 1 saturated heterocycles. The van der Waals surface area contributed by atoms with Crippen molar-refractivity contribution < 1.29 is 4.92 Å². The number of rotatable bonds is 3. The van der Waals surface area contributed by atoms with Gasteiger partial charge in [0.2, 0.25) is 0 Å². The summed E-state index contributed by atoms with van der Waals surface area (Å²) in [6.07, 6.45) is 2.13. The van der Waals surface area contributed by atoms with Crippen LogP contribution >= 0.6 is 11.6 Å². The van der Waals surface area contributed by atoms with Crippen molar-refractivity contribution in [3.8, 4) is 0 Å². The molecule has 6 heteroatoms. The van der Waals surface area contributed by atoms with E-state index in [0.717, 1.165) is 31.5 Å². The van der Waals surface area contributed by atoms with E-state index in [1.54, 1.807) is 12.1 Å². The zero-order chi connectivity index (χ0) is 13.1. The standard InChI is InChI=1S/C12H16ClN3O2/c13-11-4-3-9(6-12(11)16(17)18)7-15-5-1-2-10(14)8-15/h3-4,6,10H,1-2,5,7-8,14H2/t10-/m1/s1. The van der Waals surface area contributed by atoms with Crippen LogP contribution in [0.5, 0.6) is 0 Å². The number of halogens is 1. The van der Waals surface area contributed by atoms with Crippen LogP contribution in [0, 0.1) is 10.1 Å². The molecule has 0 radical (unpaired) electrons. The predicted octanol–water partition coefficient (Wildman–Crippen LogP) is 2.17. The summed E-state index contributed by atoms with van der Waals surface area (Å²) >= 11 is 5.78. The van der Waals surface area contributed by atoms with E-state index in [9.17, 15) is 10.1 Å². The van der Waals surface area contributed by atoms with E-state index in [1.165, 1.54) is 0 Å². The fourth-order valence-electron chi connectivity index (χ4n) is 2.29. The minimum atomic E-state index is -0.451. The lowest BCUT2D eigenvalue weighted by molar-refractivity contribution is -0.384. The fraction of sp³-hybridized carbons (Fsp3) is 0.500. The van der Waals surface area contributed by atoms with E-state index < -0.39 is 4.92 Å². The molecule has 1 aliphatic rings. The third kappa shape index (κ3) is 3.19. The first-order valence-corrected chi connectivity index (χ1v) is 6.35. The van der Waals surface area contributed by atoms with Crippen molar-refractivity contribution in [3.63, 3.8) is 0 Å². The maximum Gasteiger partial charge on any atom is 0.288 e. The number of hydrogen-bond donors (Lipinski definition) is 1. The molecule has 1 atom stereocenters. The van der Waals surface area contributed by atoms with Crippen molar-refractivity contribution in [2.45, 2.75) is 25.4 Å². The lowest BCUT2D eigenvalue weighted by atomic mass is 10.1. The Morgan fingerprint density at radius 3 is 3.00 bits per heavy atom. The number of nitro benzene ring substituents is 1. The number of piperidine rings is 1. The summed E-state index contributed by atoms with van der Waals surface area (Å²) in [6, 6.07) is 5.16. The lowest BCUT2D eigenvalue weighted by Gasteiger charge is -2.30. The van der Waals surface area contributed by atoms with Crippen molar-refractivity contribution in [1.82, 2.24) is 4.90 Å². The van der Waals surface area contributed by atoms with Crippen LogP contribution in [0.3, 0.4) is 0 Å². The number of benzene rings is 1. The Kier molecular flexibility index (Phi) is 4.16. The Labute approximate surface area is 111 Å². The van der Waals surface area contributed by atoms with Gasteiger partial charge in [0.25, 0.3) is 5.69 Å². The van der Waals surface area contributed by atoms with E-state index >= 15 is 0 Å². The van der Waals surface area contributed by atoms with Crippen LogP contribution in [0.1, 0.15) is 18.4 Å². The second kappa shape index (κ2) is 5.65. The molecule has 2 rings (SSSR count). The SMILES string of the molecule is N[C@@H]1CCCN(Cc2ccc(Cl)c([N+](=O)[O-])c2)C1. The Morgan fingerprint density at radius 1 is 1.56 bits per heavy atom. The van der Waals surface area contributed by atoms with Gasteiger partial charge in [-0.05, 0) is 31.0 Å². The first-order chi connectivity index (χ1) is 8.56. The van der Waals surface area contributed by atoms with Crippen LogP contribution in [0.2, 0.25) is 5.02 Å². The molecule has 5 nitrogen and oxygen atoms in total. The molecule has 0 aromatic heterocycles. The molecule has 0 unspecified atom stereocenters. The molecule has 0 spiro atoms. The van der Waals surface area contributed by atoms with Gasteiger partial charge in [0.15, 0.2) is 0 Å². The van der Waals surface area contributed by atoms with Gasteiger partial charge in [-0.2, -0.15) is 0 Å². The van der Waals surface area contributed by atoms with Gasteiger partial charge in [-0.1, -0.05) is 17.7 Å². The van der Waals surface area contributed by atoms with Crippen molar-refractivity contribution in [1.29, 1.82) is 0 Å². The molecule has 0 saturated carbocycles. The van der Waals surface area contributed by atoms with Crippen LogP contribution in [-0.2, 0) is 6.54 Å². The monoisotopic (exact) mass is 269 g/mol. The van der Waals surface area contributed by atoms with Crippen LogP contribution in [-0.4, -0.2) is 29.0 Å². The smallest absolute Gasteiger partial charge is 0.288 e. The minimum Gasteiger partial charge on any atom is -0.327 e. The summed E-state index contributed by atoms with van der Waals surface area (Å²) in [4.78, 5) is 12.6. The van der Waals surface area contributed by atoms with Crippen molar-refractivity contribution in [2.75, 3.05) is 13.1 Å². The number of nitrogens with two attached hydrogens (primary N) is 1. The predicted molar refractivity (Wildman–Crippen MR) is 70.6 cm³/mol. The van der Waals surface area contributed by atoms with Crippen LogP contribution in [0.15, 0.2) is 18.2 Å². The molecule has 0 aliphatic carbocycles. The normalized spacial score (nSPS) is 20.9. The maximum atomic E-state index is 10.8. The number of hydrogen-bond acceptors (Lipinski definition) is 4. The van der Waals surface area contributed by atoms with Gasteiger partial charge in [0.1, 0.15) is 5.02 Å². The van der Waals surface area contributed by atoms with Crippen molar-refractivity contribution in [3.05, 3.63) is 38.9 Å². The number of nitrogens with zero attached hydrogens (tertiary/aromatic N) is 2. The van der Waals surface area contributed by atoms with Gasteiger partial charge in [0.05, 0.1) is 4.92 Å². The first-order valence-electron chi connectivity index (χ1n) is 5.97. The van der Waals surface area contributed by atoms with E-state index in [-0.39, 0.29) is 16.8 Å². The molecular weight excluding hydrogens is 254 g/mol. The van der Waals surface area contributed by atoms with Crippen LogP contribution in [0.4, 0.5) is 5.69 Å². The third-order valence-electron chi connectivity index (χ3n) is 3.16. The van der Waals surface area contributed by atoms with Gasteiger partial charge >= 0.3 is 0 Å². The highest BCUT2D eigenvalue weighted by molar-refractivity contribution is 6.32. The topological polar surface area (TPSA) is 72.4 Å². The lowest BCUT2D eigenvalue weighted by Crippen LogP contribution is -2.42. The minimum absolute atomic E-state index is 0.0320. The Bertz CT molecular complexity index is 453. The van der Waals surface area contributed by atoms with Gasteiger partial charge in [-0.3, -0.25) is 15.0 Å². The van der Waals surface area contributed by atoms with Gasteiger partial charge in [0, 0.05) is 25.2 Å². The Morgan fingerprint density at radius 2 is 2.33 bits per heavy atom. The molecule has 1 aromatic carbocycles. The molecule has 18 heavy (non-hydrogen) atoms. The van der Waals surface area contributed by atoms with Gasteiger partial charge < -0.3 is 5.73 Å². The molecule has 1 heterocycles. The zero-order valence-electron chi connectivity index (χ0n) is 10.0. The van der Waals surface area contributed by atoms with Gasteiger partial charge in [-0.25, -0.2) is 0 Å². The molecule has 0 amide bonds. The zero-order valence-corrected chi connectivity index (χ0v) is 10.8. The van der Waals surface area contributed by atoms with Crippen LogP contribution in [0.25, 0.3) is 0 Å². The largest absolute Gasteiger partial charge is 0.327 e. The highest BCUT2D eigenvalue weighted by Crippen LogP contribution is 2.26. The maximum absolute atomic E-state index is 10.8. The summed E-state index contributed by atoms with van der Waals surface area (Å²) in [5.41, 5.74) is 6.78. The average Bonchev–Trinajstić information content (AvgIpc) is 2.31. The molecule has 1 aliphatic heterocycles. The second-order valence-electron chi connectivity index (χ2n) is 4.68. The van der Waals surface area contributed by atoms with E-state index in [2.05, 4.69) is 4.90 Å². The average molecular weight is 270 g/mol. The van der Waals surface area contributed by atoms with Crippen LogP contribution < -0.4 is 5.73 Å². The summed E-state index contributed by atoms with van der Waals surface area (Å²) in [7, 11) is 0. The molecule has 1 fully saturated rings. The van der Waals surface area contributed by atoms with E-state index in [1.807, 2.05) is 6.07 Å². The fourth-order valence-corrected chi connectivity index (χ4v) is 2.48.